The summed E-state index contributed by atoms with van der Waals surface area (Å²) in [6.07, 6.45) is 36.6. The summed E-state index contributed by atoms with van der Waals surface area (Å²) in [7, 11) is 0. The second-order valence-corrected chi connectivity index (χ2v) is 22.3. The Morgan fingerprint density at radius 2 is 0.618 bits per heavy atom. The van der Waals surface area contributed by atoms with Crippen molar-refractivity contribution in [3.8, 4) is 23.6 Å². The zero-order chi connectivity index (χ0) is 49.2. The fraction of sp³-hybridized carbons (Fsp3) is 0.704. The molecule has 2 heterocycles. The summed E-state index contributed by atoms with van der Waals surface area (Å²) in [5.41, 5.74) is -0.420. The largest absolute Gasteiger partial charge is 0.462 e. The Kier molecular flexibility index (Phi) is 32.1. The number of nitrogens with zero attached hydrogens (tertiary/aromatic N) is 2. The highest BCUT2D eigenvalue weighted by Gasteiger charge is 2.41. The molecule has 68 heavy (non-hydrogen) atoms. The van der Waals surface area contributed by atoms with Gasteiger partial charge in [0.25, 0.3) is 0 Å². The lowest BCUT2D eigenvalue weighted by atomic mass is 10.0. The number of carbonyl (C=O) groups excluding carboxylic acids is 4. The Morgan fingerprint density at radius 3 is 0.838 bits per heavy atom. The summed E-state index contributed by atoms with van der Waals surface area (Å²) < 4.78 is 23.4. The molecule has 0 saturated carbocycles. The van der Waals surface area contributed by atoms with Crippen LogP contribution >= 0.6 is 47.0 Å². The van der Waals surface area contributed by atoms with Gasteiger partial charge in [-0.1, -0.05) is 241 Å². The van der Waals surface area contributed by atoms with E-state index in [4.69, 9.17) is 18.9 Å². The van der Waals surface area contributed by atoms with Crippen molar-refractivity contribution in [1.82, 2.24) is 0 Å². The summed E-state index contributed by atoms with van der Waals surface area (Å²) in [6.45, 7) is 7.96. The Balaban J connectivity index is 1.70. The third-order valence-corrected chi connectivity index (χ3v) is 17.2. The molecule has 0 N–H and O–H groups in total. The minimum atomic E-state index is -0.786. The van der Waals surface area contributed by atoms with Crippen molar-refractivity contribution in [2.24, 2.45) is 0 Å². The van der Waals surface area contributed by atoms with Crippen LogP contribution in [0.5, 0.6) is 11.5 Å². The van der Waals surface area contributed by atoms with E-state index in [-0.39, 0.29) is 48.7 Å². The van der Waals surface area contributed by atoms with Crippen LogP contribution in [0.4, 0.5) is 0 Å². The molecule has 3 rings (SSSR count). The minimum absolute atomic E-state index is 0.0717. The number of unbranched alkanes of at least 4 members (excludes halogenated alkanes) is 28. The minimum Gasteiger partial charge on any atom is -0.462 e. The number of hydrogen-bond donors (Lipinski definition) is 0. The number of nitriles is 2. The predicted octanol–water partition coefficient (Wildman–Crippen LogP) is 17.0. The number of fused-ring (bicyclic) bond motifs is 2. The lowest BCUT2D eigenvalue weighted by Crippen LogP contribution is -2.12. The molecule has 0 bridgehead atoms. The van der Waals surface area contributed by atoms with Gasteiger partial charge in [-0.3, -0.25) is 9.59 Å². The summed E-state index contributed by atoms with van der Waals surface area (Å²) >= 11 is 4.29. The third-order valence-electron chi connectivity index (χ3n) is 12.0. The zero-order valence-corrected chi connectivity index (χ0v) is 45.1. The molecular weight excluding hydrogens is 933 g/mol. The first-order chi connectivity index (χ1) is 33.2. The van der Waals surface area contributed by atoms with Crippen LogP contribution in [0.15, 0.2) is 39.2 Å². The van der Waals surface area contributed by atoms with Gasteiger partial charge < -0.3 is 18.9 Å². The van der Waals surface area contributed by atoms with Crippen molar-refractivity contribution in [2.45, 2.75) is 253 Å². The van der Waals surface area contributed by atoms with E-state index >= 15 is 0 Å². The number of rotatable bonds is 38. The summed E-state index contributed by atoms with van der Waals surface area (Å²) in [4.78, 5) is 54.8. The van der Waals surface area contributed by atoms with Gasteiger partial charge >= 0.3 is 23.9 Å². The van der Waals surface area contributed by atoms with Gasteiger partial charge in [0.05, 0.1) is 41.3 Å². The van der Waals surface area contributed by atoms with Crippen molar-refractivity contribution in [3.63, 3.8) is 0 Å². The Morgan fingerprint density at radius 1 is 0.382 bits per heavy atom. The number of carbonyl (C=O) groups is 4. The maximum absolute atomic E-state index is 13.6. The lowest BCUT2D eigenvalue weighted by Gasteiger charge is -2.16. The molecule has 0 saturated heterocycles. The van der Waals surface area contributed by atoms with Crippen molar-refractivity contribution < 1.29 is 38.1 Å². The number of esters is 4. The normalized spacial score (nSPS) is 12.6. The highest BCUT2D eigenvalue weighted by Crippen LogP contribution is 2.68. The van der Waals surface area contributed by atoms with Gasteiger partial charge in [-0.2, -0.15) is 10.5 Å². The molecule has 2 aliphatic rings. The van der Waals surface area contributed by atoms with Crippen LogP contribution in [0, 0.1) is 22.7 Å². The fourth-order valence-electron chi connectivity index (χ4n) is 8.16. The van der Waals surface area contributed by atoms with Crippen LogP contribution in [-0.4, -0.2) is 37.1 Å². The van der Waals surface area contributed by atoms with E-state index in [9.17, 15) is 29.7 Å². The maximum Gasteiger partial charge on any atom is 0.350 e. The first-order valence-corrected chi connectivity index (χ1v) is 29.5. The molecule has 378 valence electrons. The number of thioether (sulfide) groups is 4. The molecule has 0 radical (unpaired) electrons. The van der Waals surface area contributed by atoms with Gasteiger partial charge in [-0.25, -0.2) is 9.59 Å². The maximum atomic E-state index is 13.6. The second-order valence-electron chi connectivity index (χ2n) is 17.7. The highest BCUT2D eigenvalue weighted by atomic mass is 32.2. The smallest absolute Gasteiger partial charge is 0.350 e. The molecule has 0 unspecified atom stereocenters. The average Bonchev–Trinajstić information content (AvgIpc) is 3.96. The van der Waals surface area contributed by atoms with E-state index in [1.54, 1.807) is 13.8 Å². The fourth-order valence-corrected chi connectivity index (χ4v) is 13.5. The SMILES string of the molecule is CCCCCCCCCCCCCCCCCC(=O)Oc1c2c(c(OC(=O)CCCCCCCCCCCCCCCCC)c3c1SC(=C(C#N)C(=O)OCC)S3)SC(=C(C#N)C(=O)OCC)S2. The molecule has 0 aliphatic carbocycles. The van der Waals surface area contributed by atoms with E-state index in [0.717, 1.165) is 85.6 Å². The Hall–Kier alpha value is -3.04. The molecule has 14 heteroatoms. The van der Waals surface area contributed by atoms with Gasteiger partial charge in [0.2, 0.25) is 0 Å². The molecule has 0 spiro atoms. The number of ether oxygens (including phenoxy) is 4. The van der Waals surface area contributed by atoms with E-state index in [1.165, 1.54) is 141 Å². The van der Waals surface area contributed by atoms with Gasteiger partial charge in [-0.15, -0.1) is 0 Å². The van der Waals surface area contributed by atoms with Crippen LogP contribution in [0.3, 0.4) is 0 Å². The highest BCUT2D eigenvalue weighted by molar-refractivity contribution is 8.26. The topological polar surface area (TPSA) is 153 Å². The molecule has 0 aromatic heterocycles. The quantitative estimate of drug-likeness (QED) is 0.0203. The van der Waals surface area contributed by atoms with Crippen molar-refractivity contribution in [1.29, 1.82) is 10.5 Å². The summed E-state index contributed by atoms with van der Waals surface area (Å²) in [5, 5.41) is 20.2. The van der Waals surface area contributed by atoms with Gasteiger partial charge in [0, 0.05) is 12.8 Å². The van der Waals surface area contributed by atoms with Gasteiger partial charge in [0.1, 0.15) is 12.1 Å². The van der Waals surface area contributed by atoms with E-state index in [0.29, 0.717) is 40.9 Å². The second kappa shape index (κ2) is 36.8. The van der Waals surface area contributed by atoms with Crippen LogP contribution in [-0.2, 0) is 28.7 Å². The molecule has 0 fully saturated rings. The van der Waals surface area contributed by atoms with E-state index in [1.807, 2.05) is 12.1 Å². The van der Waals surface area contributed by atoms with Crippen LogP contribution in [0.2, 0.25) is 0 Å². The molecule has 2 aliphatic heterocycles. The first-order valence-electron chi connectivity index (χ1n) is 26.2. The first kappa shape index (κ1) is 59.3. The standard InChI is InChI=1S/C54H80N2O8S4/c1-5-9-11-13-15-17-19-21-23-25-27-29-31-33-35-37-43(57)63-45-47-49(67-53(65-47)41(39-55)51(59)61-7-3)46(50-48(45)66-54(68-50)42(40-56)52(60)62-8-4)64-44(58)38-36-34-32-30-28-26-24-22-20-18-16-14-12-10-6-2/h5-38H2,1-4H3. The molecule has 1 aromatic carbocycles. The van der Waals surface area contributed by atoms with Crippen LogP contribution < -0.4 is 9.47 Å². The number of hydrogen-bond acceptors (Lipinski definition) is 14. The van der Waals surface area contributed by atoms with Gasteiger partial charge in [-0.05, 0) is 26.7 Å². The summed E-state index contributed by atoms with van der Waals surface area (Å²) in [6, 6.07) is 3.96. The van der Waals surface area contributed by atoms with Crippen molar-refractivity contribution in [2.75, 3.05) is 13.2 Å². The molecule has 0 amide bonds. The lowest BCUT2D eigenvalue weighted by molar-refractivity contribution is -0.138. The molecule has 1 aromatic rings. The molecule has 10 nitrogen and oxygen atoms in total. The van der Waals surface area contributed by atoms with E-state index in [2.05, 4.69) is 13.8 Å². The average molecular weight is 1010 g/mol. The number of benzene rings is 1. The Labute approximate surface area is 426 Å². The van der Waals surface area contributed by atoms with Gasteiger partial charge in [0.15, 0.2) is 22.6 Å². The van der Waals surface area contributed by atoms with Crippen molar-refractivity contribution >= 4 is 70.9 Å². The predicted molar refractivity (Wildman–Crippen MR) is 279 cm³/mol. The third kappa shape index (κ3) is 21.9. The zero-order valence-electron chi connectivity index (χ0n) is 41.8. The van der Waals surface area contributed by atoms with Crippen LogP contribution in [0.1, 0.15) is 233 Å². The molecule has 0 atom stereocenters. The Bertz CT molecular complexity index is 1710. The molecular formula is C54H80N2O8S4. The summed E-state index contributed by atoms with van der Waals surface area (Å²) in [5.74, 6) is -2.14. The van der Waals surface area contributed by atoms with Crippen molar-refractivity contribution in [3.05, 3.63) is 19.6 Å². The van der Waals surface area contributed by atoms with Crippen LogP contribution in [0.25, 0.3) is 0 Å². The monoisotopic (exact) mass is 1010 g/mol. The van der Waals surface area contributed by atoms with E-state index < -0.39 is 23.9 Å².